The summed E-state index contributed by atoms with van der Waals surface area (Å²) in [7, 11) is 1.46. The lowest BCUT2D eigenvalue weighted by Gasteiger charge is -2.27. The van der Waals surface area contributed by atoms with Crippen LogP contribution >= 0.6 is 0 Å². The summed E-state index contributed by atoms with van der Waals surface area (Å²) in [6.45, 7) is 2.09. The lowest BCUT2D eigenvalue weighted by atomic mass is 9.94. The van der Waals surface area contributed by atoms with Crippen molar-refractivity contribution in [3.8, 4) is 11.5 Å². The molecule has 1 N–H and O–H groups in total. The van der Waals surface area contributed by atoms with E-state index in [4.69, 9.17) is 13.9 Å². The molecule has 2 aromatic carbocycles. The summed E-state index contributed by atoms with van der Waals surface area (Å²) in [5.74, 6) is -4.13. The first-order valence-electron chi connectivity index (χ1n) is 9.98. The average molecular weight is 455 g/mol. The normalized spacial score (nSPS) is 15.8. The zero-order valence-electron chi connectivity index (χ0n) is 17.7. The van der Waals surface area contributed by atoms with Gasteiger partial charge in [0.1, 0.15) is 0 Å². The third kappa shape index (κ3) is 3.82. The zero-order valence-corrected chi connectivity index (χ0v) is 17.7. The van der Waals surface area contributed by atoms with Crippen molar-refractivity contribution in [1.29, 1.82) is 0 Å². The number of carbonyl (C=O) groups is 2. The number of benzene rings is 2. The van der Waals surface area contributed by atoms with E-state index in [1.165, 1.54) is 31.6 Å². The fourth-order valence-electron chi connectivity index (χ4n) is 3.73. The number of rotatable bonds is 7. The molecule has 0 fully saturated rings. The van der Waals surface area contributed by atoms with Gasteiger partial charge in [0.2, 0.25) is 5.78 Å². The highest BCUT2D eigenvalue weighted by Crippen LogP contribution is 2.44. The van der Waals surface area contributed by atoms with E-state index in [0.717, 1.165) is 17.0 Å². The summed E-state index contributed by atoms with van der Waals surface area (Å²) >= 11 is 0. The lowest BCUT2D eigenvalue weighted by Crippen LogP contribution is -2.31. The minimum Gasteiger partial charge on any atom is -0.503 e. The number of ether oxygens (including phenoxy) is 2. The number of methoxy groups -OCH3 is 1. The predicted octanol–water partition coefficient (Wildman–Crippen LogP) is 4.75. The molecule has 0 bridgehead atoms. The smallest absolute Gasteiger partial charge is 0.294 e. The highest BCUT2D eigenvalue weighted by atomic mass is 19.2. The Hall–Kier alpha value is -4.14. The first-order valence-corrected chi connectivity index (χ1v) is 9.98. The maximum atomic E-state index is 14.0. The molecule has 7 nitrogen and oxygen atoms in total. The Labute approximate surface area is 187 Å². The van der Waals surface area contributed by atoms with Gasteiger partial charge in [-0.3, -0.25) is 14.5 Å². The van der Waals surface area contributed by atoms with Gasteiger partial charge in [-0.05, 0) is 48.9 Å². The molecule has 4 rings (SSSR count). The summed E-state index contributed by atoms with van der Waals surface area (Å²) in [5, 5.41) is 10.7. The second-order valence-corrected chi connectivity index (χ2v) is 7.09. The monoisotopic (exact) mass is 455 g/mol. The van der Waals surface area contributed by atoms with Crippen LogP contribution in [0, 0.1) is 11.6 Å². The SMILES string of the molecule is CCOc1cc(C2C(C(=O)c3ccco3)=C(O)C(=O)N2c2ccc(F)c(F)c2)ccc1OC. The van der Waals surface area contributed by atoms with Crippen LogP contribution < -0.4 is 14.4 Å². The number of nitrogens with zero attached hydrogens (tertiary/aromatic N) is 1. The lowest BCUT2D eigenvalue weighted by molar-refractivity contribution is -0.117. The van der Waals surface area contributed by atoms with Crippen molar-refractivity contribution in [2.75, 3.05) is 18.6 Å². The summed E-state index contributed by atoms with van der Waals surface area (Å²) in [4.78, 5) is 27.3. The number of carbonyl (C=O) groups excluding carboxylic acids is 2. The maximum absolute atomic E-state index is 14.0. The summed E-state index contributed by atoms with van der Waals surface area (Å²) in [6.07, 6.45) is 1.28. The van der Waals surface area contributed by atoms with Gasteiger partial charge < -0.3 is 19.0 Å². The van der Waals surface area contributed by atoms with E-state index in [1.54, 1.807) is 25.1 Å². The van der Waals surface area contributed by atoms with Crippen LogP contribution in [0.2, 0.25) is 0 Å². The number of ketones is 1. The molecule has 1 amide bonds. The molecule has 170 valence electrons. The van der Waals surface area contributed by atoms with Crippen molar-refractivity contribution in [2.45, 2.75) is 13.0 Å². The summed E-state index contributed by atoms with van der Waals surface area (Å²) < 4.78 is 43.6. The van der Waals surface area contributed by atoms with E-state index in [2.05, 4.69) is 0 Å². The van der Waals surface area contributed by atoms with E-state index in [9.17, 15) is 23.5 Å². The van der Waals surface area contributed by atoms with E-state index in [-0.39, 0.29) is 17.0 Å². The number of amides is 1. The predicted molar refractivity (Wildman–Crippen MR) is 113 cm³/mol. The van der Waals surface area contributed by atoms with Crippen molar-refractivity contribution >= 4 is 17.4 Å². The van der Waals surface area contributed by atoms with Crippen LogP contribution in [0.3, 0.4) is 0 Å². The van der Waals surface area contributed by atoms with Crippen LogP contribution in [0.1, 0.15) is 29.1 Å². The first kappa shape index (κ1) is 22.1. The Kier molecular flexibility index (Phi) is 5.87. The van der Waals surface area contributed by atoms with Gasteiger partial charge in [0, 0.05) is 11.8 Å². The van der Waals surface area contributed by atoms with Crippen molar-refractivity contribution in [3.05, 3.63) is 89.1 Å². The van der Waals surface area contributed by atoms with Crippen molar-refractivity contribution in [3.63, 3.8) is 0 Å². The van der Waals surface area contributed by atoms with Crippen molar-refractivity contribution < 1.29 is 37.4 Å². The average Bonchev–Trinajstić information content (AvgIpc) is 3.43. The van der Waals surface area contributed by atoms with Gasteiger partial charge in [-0.15, -0.1) is 0 Å². The fourth-order valence-corrected chi connectivity index (χ4v) is 3.73. The molecule has 1 atom stereocenters. The van der Waals surface area contributed by atoms with Crippen LogP contribution in [0.5, 0.6) is 11.5 Å². The van der Waals surface area contributed by atoms with Gasteiger partial charge in [-0.2, -0.15) is 0 Å². The minimum absolute atomic E-state index is 0.0496. The Morgan fingerprint density at radius 1 is 1.12 bits per heavy atom. The van der Waals surface area contributed by atoms with Gasteiger partial charge >= 0.3 is 0 Å². The number of aliphatic hydroxyl groups excluding tert-OH is 1. The topological polar surface area (TPSA) is 89.2 Å². The molecule has 0 spiro atoms. The number of furan rings is 1. The fraction of sp³-hybridized carbons (Fsp3) is 0.167. The van der Waals surface area contributed by atoms with Crippen LogP contribution in [0.15, 0.2) is 70.5 Å². The van der Waals surface area contributed by atoms with Crippen LogP contribution in [0.25, 0.3) is 0 Å². The van der Waals surface area contributed by atoms with E-state index < -0.39 is 35.1 Å². The molecule has 0 saturated heterocycles. The molecule has 3 aromatic rings. The molecule has 0 aliphatic carbocycles. The Bertz CT molecular complexity index is 1250. The highest BCUT2D eigenvalue weighted by Gasteiger charge is 2.45. The Balaban J connectivity index is 1.91. The molecule has 33 heavy (non-hydrogen) atoms. The Morgan fingerprint density at radius 3 is 2.55 bits per heavy atom. The van der Waals surface area contributed by atoms with E-state index in [1.807, 2.05) is 0 Å². The molecule has 2 heterocycles. The second-order valence-electron chi connectivity index (χ2n) is 7.09. The third-order valence-electron chi connectivity index (χ3n) is 5.18. The number of hydrogen-bond donors (Lipinski definition) is 1. The molecule has 1 aliphatic heterocycles. The molecular formula is C24H19F2NO6. The van der Waals surface area contributed by atoms with Crippen LogP contribution in [0.4, 0.5) is 14.5 Å². The van der Waals surface area contributed by atoms with Crippen molar-refractivity contribution in [1.82, 2.24) is 0 Å². The molecule has 0 saturated carbocycles. The van der Waals surface area contributed by atoms with Gasteiger partial charge in [0.05, 0.1) is 31.6 Å². The van der Waals surface area contributed by atoms with E-state index >= 15 is 0 Å². The number of Topliss-reactive ketones (excluding diaryl/α,β-unsaturated/α-hetero) is 1. The highest BCUT2D eigenvalue weighted by molar-refractivity contribution is 6.20. The summed E-state index contributed by atoms with van der Waals surface area (Å²) in [6, 6.07) is 9.29. The number of hydrogen-bond acceptors (Lipinski definition) is 6. The van der Waals surface area contributed by atoms with Crippen LogP contribution in [-0.4, -0.2) is 30.5 Å². The Morgan fingerprint density at radius 2 is 1.91 bits per heavy atom. The molecule has 0 radical (unpaired) electrons. The van der Waals surface area contributed by atoms with Crippen LogP contribution in [-0.2, 0) is 4.79 Å². The molecule has 9 heteroatoms. The van der Waals surface area contributed by atoms with E-state index in [0.29, 0.717) is 23.7 Å². The number of anilines is 1. The number of aliphatic hydroxyl groups is 1. The minimum atomic E-state index is -1.19. The van der Waals surface area contributed by atoms with Gasteiger partial charge in [-0.25, -0.2) is 8.78 Å². The van der Waals surface area contributed by atoms with Gasteiger partial charge in [0.25, 0.3) is 5.91 Å². The quantitative estimate of drug-likeness (QED) is 0.518. The first-order chi connectivity index (χ1) is 15.9. The van der Waals surface area contributed by atoms with Gasteiger partial charge in [-0.1, -0.05) is 6.07 Å². The third-order valence-corrected chi connectivity index (χ3v) is 5.18. The van der Waals surface area contributed by atoms with Gasteiger partial charge in [0.15, 0.2) is 34.7 Å². The second kappa shape index (κ2) is 8.78. The zero-order chi connectivity index (χ0) is 23.7. The number of halogens is 2. The molecule has 1 aliphatic rings. The summed E-state index contributed by atoms with van der Waals surface area (Å²) in [5.41, 5.74) is 0.0510. The standard InChI is InChI=1S/C24H19F2NO6/c1-3-32-19-11-13(6-9-17(19)31-2)21-20(22(28)18-5-4-10-33-18)23(29)24(30)27(21)14-7-8-15(25)16(26)12-14/h4-12,21,29H,3H2,1-2H3. The molecular weight excluding hydrogens is 436 g/mol. The molecule has 1 aromatic heterocycles. The largest absolute Gasteiger partial charge is 0.503 e. The molecule has 1 unspecified atom stereocenters. The maximum Gasteiger partial charge on any atom is 0.294 e. The van der Waals surface area contributed by atoms with Crippen molar-refractivity contribution in [2.24, 2.45) is 0 Å².